The smallest absolute Gasteiger partial charge is 0.343 e. The van der Waals surface area contributed by atoms with Crippen molar-refractivity contribution in [2.24, 2.45) is 11.7 Å². The molecule has 0 amide bonds. The van der Waals surface area contributed by atoms with Gasteiger partial charge in [-0.05, 0) is 54.8 Å². The topological polar surface area (TPSA) is 168 Å². The van der Waals surface area contributed by atoms with Gasteiger partial charge in [0.15, 0.2) is 11.5 Å². The third-order valence-corrected chi connectivity index (χ3v) is 5.49. The zero-order chi connectivity index (χ0) is 28.3. The highest BCUT2D eigenvalue weighted by molar-refractivity contribution is 7.86. The second-order valence-electron chi connectivity index (χ2n) is 8.32. The Balaban J connectivity index is 0.00000161. The molecule has 1 aromatic carbocycles. The van der Waals surface area contributed by atoms with Crippen LogP contribution in [-0.2, 0) is 14.3 Å². The first-order valence-electron chi connectivity index (χ1n) is 11.6. The Morgan fingerprint density at radius 2 is 1.34 bits per heavy atom. The summed E-state index contributed by atoms with van der Waals surface area (Å²) in [5.74, 6) is -1.77. The van der Waals surface area contributed by atoms with Gasteiger partial charge in [0, 0.05) is 37.4 Å². The molecule has 204 valence electrons. The summed E-state index contributed by atoms with van der Waals surface area (Å²) >= 11 is 0. The molecule has 0 saturated heterocycles. The number of nitrogens with zero attached hydrogens (tertiary/aromatic N) is 2. The van der Waals surface area contributed by atoms with Crippen LogP contribution in [0.5, 0.6) is 11.5 Å². The van der Waals surface area contributed by atoms with Crippen molar-refractivity contribution in [2.75, 3.05) is 12.9 Å². The molecule has 3 rings (SSSR count). The minimum absolute atomic E-state index is 0.0609. The Morgan fingerprint density at radius 1 is 0.895 bits per heavy atom. The molecule has 0 bridgehead atoms. The number of benzene rings is 1. The number of rotatable bonds is 9. The molecule has 2 heterocycles. The standard InChI is InChI=1S/C24H25N3O7S.C2H6O/c1-15(2)21(25)22(34-35(3,30)31)18-4-5-19(32-23(28)16-6-10-26-11-7-16)20(14-18)33-24(29)17-8-12-27-13-9-17;1-2-3/h4-15,21-22H,25H2,1-3H3;3H,2H2,1H3. The molecule has 3 N–H and O–H groups in total. The van der Waals surface area contributed by atoms with E-state index in [4.69, 9.17) is 24.5 Å². The predicted octanol–water partition coefficient (Wildman–Crippen LogP) is 2.91. The van der Waals surface area contributed by atoms with Gasteiger partial charge in [-0.1, -0.05) is 19.9 Å². The molecule has 2 aromatic heterocycles. The zero-order valence-corrected chi connectivity index (χ0v) is 22.3. The van der Waals surface area contributed by atoms with Gasteiger partial charge in [0.1, 0.15) is 6.10 Å². The first kappa shape index (κ1) is 30.5. The fraction of sp³-hybridized carbons (Fsp3) is 0.308. The first-order valence-corrected chi connectivity index (χ1v) is 13.4. The monoisotopic (exact) mass is 545 g/mol. The quantitative estimate of drug-likeness (QED) is 0.230. The predicted molar refractivity (Wildman–Crippen MR) is 139 cm³/mol. The molecule has 0 aliphatic carbocycles. The number of nitrogens with two attached hydrogens (primary N) is 1. The second-order valence-corrected chi connectivity index (χ2v) is 9.92. The SMILES string of the molecule is CC(C)C(N)C(OS(C)(=O)=O)c1ccc(OC(=O)c2ccncc2)c(OC(=O)c2ccncc2)c1.CCO. The van der Waals surface area contributed by atoms with E-state index in [1.165, 1.54) is 67.3 Å². The normalized spacial score (nSPS) is 12.6. The van der Waals surface area contributed by atoms with Gasteiger partial charge >= 0.3 is 11.9 Å². The molecule has 12 heteroatoms. The van der Waals surface area contributed by atoms with Crippen LogP contribution in [0.2, 0.25) is 0 Å². The molecule has 2 unspecified atom stereocenters. The van der Waals surface area contributed by atoms with E-state index in [0.29, 0.717) is 5.56 Å². The number of aliphatic hydroxyl groups excluding tert-OH is 1. The number of ether oxygens (including phenoxy) is 2. The van der Waals surface area contributed by atoms with Crippen LogP contribution in [-0.4, -0.2) is 54.3 Å². The summed E-state index contributed by atoms with van der Waals surface area (Å²) < 4.78 is 40.1. The second kappa shape index (κ2) is 14.3. The van der Waals surface area contributed by atoms with Crippen molar-refractivity contribution in [3.63, 3.8) is 0 Å². The fourth-order valence-corrected chi connectivity index (χ4v) is 3.66. The van der Waals surface area contributed by atoms with Gasteiger partial charge in [-0.15, -0.1) is 0 Å². The molecule has 0 spiro atoms. The summed E-state index contributed by atoms with van der Waals surface area (Å²) in [5, 5.41) is 7.57. The van der Waals surface area contributed by atoms with E-state index in [9.17, 15) is 18.0 Å². The lowest BCUT2D eigenvalue weighted by molar-refractivity contribution is 0.0681. The van der Waals surface area contributed by atoms with Crippen LogP contribution in [0, 0.1) is 5.92 Å². The lowest BCUT2D eigenvalue weighted by Crippen LogP contribution is -2.36. The van der Waals surface area contributed by atoms with Crippen LogP contribution in [0.25, 0.3) is 0 Å². The zero-order valence-electron chi connectivity index (χ0n) is 21.5. The van der Waals surface area contributed by atoms with Gasteiger partial charge in [-0.3, -0.25) is 14.2 Å². The lowest BCUT2D eigenvalue weighted by atomic mass is 9.94. The molecule has 0 fully saturated rings. The van der Waals surface area contributed by atoms with E-state index >= 15 is 0 Å². The summed E-state index contributed by atoms with van der Waals surface area (Å²) in [4.78, 5) is 33.0. The highest BCUT2D eigenvalue weighted by atomic mass is 32.2. The van der Waals surface area contributed by atoms with Crippen molar-refractivity contribution in [3.8, 4) is 11.5 Å². The summed E-state index contributed by atoms with van der Waals surface area (Å²) in [6, 6.07) is 9.39. The molecular weight excluding hydrogens is 514 g/mol. The minimum atomic E-state index is -3.88. The Morgan fingerprint density at radius 3 is 1.76 bits per heavy atom. The number of pyridine rings is 2. The molecular formula is C26H31N3O8S. The molecule has 0 aliphatic rings. The third kappa shape index (κ3) is 9.30. The number of hydrogen-bond donors (Lipinski definition) is 2. The maximum Gasteiger partial charge on any atom is 0.343 e. The lowest BCUT2D eigenvalue weighted by Gasteiger charge is -2.26. The molecule has 0 radical (unpaired) electrons. The number of esters is 2. The summed E-state index contributed by atoms with van der Waals surface area (Å²) in [6.07, 6.45) is 5.56. The van der Waals surface area contributed by atoms with Crippen molar-refractivity contribution in [1.82, 2.24) is 9.97 Å². The van der Waals surface area contributed by atoms with Gasteiger partial charge < -0.3 is 20.3 Å². The van der Waals surface area contributed by atoms with E-state index in [-0.39, 0.29) is 35.2 Å². The number of aromatic nitrogens is 2. The van der Waals surface area contributed by atoms with Crippen LogP contribution >= 0.6 is 0 Å². The number of carbonyl (C=O) groups excluding carboxylic acids is 2. The Bertz CT molecular complexity index is 1300. The van der Waals surface area contributed by atoms with E-state index in [1.807, 2.05) is 13.8 Å². The van der Waals surface area contributed by atoms with Gasteiger partial charge in [0.05, 0.1) is 17.4 Å². The first-order chi connectivity index (χ1) is 18.0. The fourth-order valence-electron chi connectivity index (χ4n) is 3.04. The van der Waals surface area contributed by atoms with Gasteiger partial charge in [0.25, 0.3) is 10.1 Å². The Kier molecular flexibility index (Phi) is 11.5. The van der Waals surface area contributed by atoms with Crippen molar-refractivity contribution in [2.45, 2.75) is 32.9 Å². The third-order valence-electron chi connectivity index (χ3n) is 4.93. The number of aliphatic hydroxyl groups is 1. The maximum absolute atomic E-state index is 12.7. The van der Waals surface area contributed by atoms with Crippen LogP contribution in [0.15, 0.2) is 67.3 Å². The van der Waals surface area contributed by atoms with E-state index in [1.54, 1.807) is 6.92 Å². The van der Waals surface area contributed by atoms with Crippen LogP contribution in [0.1, 0.15) is 53.2 Å². The molecule has 11 nitrogen and oxygen atoms in total. The van der Waals surface area contributed by atoms with Gasteiger partial charge in [-0.25, -0.2) is 9.59 Å². The van der Waals surface area contributed by atoms with Crippen LogP contribution in [0.4, 0.5) is 0 Å². The van der Waals surface area contributed by atoms with Crippen molar-refractivity contribution >= 4 is 22.1 Å². The average molecular weight is 546 g/mol. The highest BCUT2D eigenvalue weighted by Gasteiger charge is 2.29. The Labute approximate surface area is 221 Å². The van der Waals surface area contributed by atoms with Crippen LogP contribution in [0.3, 0.4) is 0 Å². The maximum atomic E-state index is 12.7. The largest absolute Gasteiger partial charge is 0.419 e. The molecule has 2 atom stereocenters. The summed E-state index contributed by atoms with van der Waals surface area (Å²) in [7, 11) is -3.88. The molecule has 3 aromatic rings. The van der Waals surface area contributed by atoms with E-state index < -0.39 is 34.2 Å². The van der Waals surface area contributed by atoms with Crippen molar-refractivity contribution in [1.29, 1.82) is 0 Å². The van der Waals surface area contributed by atoms with E-state index in [0.717, 1.165) is 6.26 Å². The van der Waals surface area contributed by atoms with E-state index in [2.05, 4.69) is 9.97 Å². The molecule has 0 aliphatic heterocycles. The van der Waals surface area contributed by atoms with Crippen molar-refractivity contribution in [3.05, 3.63) is 83.9 Å². The minimum Gasteiger partial charge on any atom is -0.419 e. The van der Waals surface area contributed by atoms with Gasteiger partial charge in [-0.2, -0.15) is 8.42 Å². The molecule has 38 heavy (non-hydrogen) atoms. The summed E-state index contributed by atoms with van der Waals surface area (Å²) in [6.45, 7) is 5.57. The van der Waals surface area contributed by atoms with Gasteiger partial charge in [0.2, 0.25) is 0 Å². The van der Waals surface area contributed by atoms with Crippen molar-refractivity contribution < 1.29 is 36.8 Å². The number of carbonyl (C=O) groups is 2. The molecule has 0 saturated carbocycles. The van der Waals surface area contributed by atoms with Crippen LogP contribution < -0.4 is 15.2 Å². The highest BCUT2D eigenvalue weighted by Crippen LogP contribution is 2.35. The average Bonchev–Trinajstić information content (AvgIpc) is 2.88. The summed E-state index contributed by atoms with van der Waals surface area (Å²) in [5.41, 5.74) is 7.00. The Hall–Kier alpha value is -3.71. The number of hydrogen-bond acceptors (Lipinski definition) is 11.